The van der Waals surface area contributed by atoms with Crippen LogP contribution in [0.1, 0.15) is 18.4 Å². The fourth-order valence-electron chi connectivity index (χ4n) is 6.01. The van der Waals surface area contributed by atoms with E-state index in [0.29, 0.717) is 0 Å². The Labute approximate surface area is 267 Å². The van der Waals surface area contributed by atoms with Crippen LogP contribution in [0.4, 0.5) is 0 Å². The number of aromatic nitrogens is 1. The summed E-state index contributed by atoms with van der Waals surface area (Å²) in [6.45, 7) is 0. The Morgan fingerprint density at radius 3 is 1.89 bits per heavy atom. The molecule has 0 unspecified atom stereocenters. The first-order valence-corrected chi connectivity index (χ1v) is 16.6. The van der Waals surface area contributed by atoms with Gasteiger partial charge in [0, 0.05) is 25.8 Å². The Hall–Kier alpha value is -4.57. The first kappa shape index (κ1) is 27.0. The number of benzene rings is 5. The molecule has 0 N–H and O–H groups in total. The highest BCUT2D eigenvalue weighted by Crippen LogP contribution is 2.50. The fraction of sp³-hybridized carbons (Fsp3) is 0.0488. The van der Waals surface area contributed by atoms with Crippen molar-refractivity contribution in [3.05, 3.63) is 162 Å². The number of rotatable bonds is 3. The van der Waals surface area contributed by atoms with Crippen molar-refractivity contribution in [2.24, 2.45) is 0 Å². The van der Waals surface area contributed by atoms with E-state index in [1.165, 1.54) is 53.0 Å². The van der Waals surface area contributed by atoms with Crippen molar-refractivity contribution in [2.45, 2.75) is 27.5 Å². The number of hydrogen-bond donors (Lipinski definition) is 0. The van der Waals surface area contributed by atoms with Gasteiger partial charge in [0.25, 0.3) is 0 Å². The van der Waals surface area contributed by atoms with Gasteiger partial charge in [0.15, 0.2) is 0 Å². The highest BCUT2D eigenvalue weighted by atomic mass is 32.2. The Morgan fingerprint density at radius 1 is 0.455 bits per heavy atom. The molecule has 210 valence electrons. The van der Waals surface area contributed by atoms with Gasteiger partial charge in [0.05, 0.1) is 11.4 Å². The Bertz CT molecular complexity index is 2060. The van der Waals surface area contributed by atoms with Gasteiger partial charge < -0.3 is 0 Å². The number of hydrogen-bond acceptors (Lipinski definition) is 3. The molecule has 0 fully saturated rings. The smallest absolute Gasteiger partial charge is 0.0709 e. The average Bonchev–Trinajstić information content (AvgIpc) is 3.10. The topological polar surface area (TPSA) is 12.9 Å². The van der Waals surface area contributed by atoms with E-state index >= 15 is 0 Å². The molecule has 0 amide bonds. The Morgan fingerprint density at radius 2 is 1.09 bits per heavy atom. The molecule has 0 bridgehead atoms. The van der Waals surface area contributed by atoms with Crippen LogP contribution in [-0.2, 0) is 0 Å². The molecular weight excluding hydrogens is 571 g/mol. The molecular formula is C41H29NS2. The normalized spacial score (nSPS) is 13.8. The maximum Gasteiger partial charge on any atom is 0.0709 e. The molecule has 6 aromatic rings. The van der Waals surface area contributed by atoms with E-state index in [0.717, 1.165) is 35.4 Å². The maximum absolute atomic E-state index is 5.10. The number of allylic oxidation sites excluding steroid dienone is 4. The first-order chi connectivity index (χ1) is 21.8. The second-order valence-electron chi connectivity index (χ2n) is 11.0. The van der Waals surface area contributed by atoms with Crippen molar-refractivity contribution in [1.82, 2.24) is 4.98 Å². The fourth-order valence-corrected chi connectivity index (χ4v) is 8.40. The van der Waals surface area contributed by atoms with Crippen LogP contribution in [0.5, 0.6) is 0 Å². The van der Waals surface area contributed by atoms with E-state index in [1.54, 1.807) is 0 Å². The number of pyridine rings is 1. The van der Waals surface area contributed by atoms with E-state index in [1.807, 2.05) is 29.6 Å². The number of thioether (sulfide) groups is 1. The van der Waals surface area contributed by atoms with Gasteiger partial charge in [-0.3, -0.25) is 0 Å². The molecule has 0 atom stereocenters. The number of fused-ring (bicyclic) bond motifs is 5. The maximum atomic E-state index is 5.10. The van der Waals surface area contributed by atoms with E-state index in [-0.39, 0.29) is 0 Å². The van der Waals surface area contributed by atoms with E-state index < -0.39 is 0 Å². The minimum absolute atomic E-state index is 0.990. The SMILES string of the molecule is C1=CC2=C(CC1)Sc1cc(-c3cccc(-c4ccccc4)n3)ccc1-c1ccc(-c3ccccc3)cc1Sc1ccccc12. The van der Waals surface area contributed by atoms with Crippen molar-refractivity contribution in [1.29, 1.82) is 0 Å². The molecule has 44 heavy (non-hydrogen) atoms. The second-order valence-corrected chi connectivity index (χ2v) is 13.3. The molecule has 1 nitrogen and oxygen atoms in total. The summed E-state index contributed by atoms with van der Waals surface area (Å²) >= 11 is 3.80. The molecule has 0 saturated carbocycles. The highest BCUT2D eigenvalue weighted by molar-refractivity contribution is 8.03. The Balaban J connectivity index is 1.32. The minimum Gasteiger partial charge on any atom is -0.248 e. The lowest BCUT2D eigenvalue weighted by Crippen LogP contribution is -1.98. The van der Waals surface area contributed by atoms with Crippen LogP contribution in [0.25, 0.3) is 50.3 Å². The summed E-state index contributed by atoms with van der Waals surface area (Å²) in [5, 5.41) is 0. The molecule has 2 aliphatic rings. The minimum atomic E-state index is 0.990. The van der Waals surface area contributed by atoms with Crippen LogP contribution in [0.3, 0.4) is 0 Å². The summed E-state index contributed by atoms with van der Waals surface area (Å²) in [7, 11) is 0. The third kappa shape index (κ3) is 5.23. The summed E-state index contributed by atoms with van der Waals surface area (Å²) in [6, 6.07) is 50.2. The van der Waals surface area contributed by atoms with Crippen molar-refractivity contribution in [2.75, 3.05) is 0 Å². The quantitative estimate of drug-likeness (QED) is 0.201. The van der Waals surface area contributed by atoms with Crippen molar-refractivity contribution in [3.8, 4) is 44.8 Å². The summed E-state index contributed by atoms with van der Waals surface area (Å²) in [5.74, 6) is 0. The third-order valence-corrected chi connectivity index (χ3v) is 10.6. The van der Waals surface area contributed by atoms with Gasteiger partial charge in [-0.2, -0.15) is 0 Å². The summed E-state index contributed by atoms with van der Waals surface area (Å²) in [6.07, 6.45) is 6.77. The second kappa shape index (κ2) is 11.8. The standard InChI is InChI=1S/C41H29NS2/c1-3-12-28(13-4-1)30-22-24-34-35-25-23-31(37-19-11-18-36(42-37)29-14-5-2-6-15-29)27-41(35)44-39-21-10-8-17-33(39)32-16-7-9-20-38(32)43-40(34)26-30/h1-9,11-20,22-27H,10,21H2. The zero-order chi connectivity index (χ0) is 29.3. The van der Waals surface area contributed by atoms with Gasteiger partial charge >= 0.3 is 0 Å². The van der Waals surface area contributed by atoms with Crippen LogP contribution < -0.4 is 0 Å². The van der Waals surface area contributed by atoms with Gasteiger partial charge in [-0.05, 0) is 81.5 Å². The highest BCUT2D eigenvalue weighted by Gasteiger charge is 2.22. The monoisotopic (exact) mass is 599 g/mol. The van der Waals surface area contributed by atoms with Crippen LogP contribution in [0, 0.1) is 0 Å². The van der Waals surface area contributed by atoms with Gasteiger partial charge in [-0.25, -0.2) is 4.98 Å². The van der Waals surface area contributed by atoms with Crippen molar-refractivity contribution in [3.63, 3.8) is 0 Å². The van der Waals surface area contributed by atoms with Gasteiger partial charge in [-0.1, -0.05) is 145 Å². The van der Waals surface area contributed by atoms with E-state index in [4.69, 9.17) is 4.98 Å². The molecule has 0 saturated heterocycles. The zero-order valence-electron chi connectivity index (χ0n) is 24.1. The van der Waals surface area contributed by atoms with Crippen LogP contribution in [-0.4, -0.2) is 4.98 Å². The molecule has 3 heteroatoms. The van der Waals surface area contributed by atoms with Crippen molar-refractivity contribution >= 4 is 29.1 Å². The lowest BCUT2D eigenvalue weighted by atomic mass is 9.98. The molecule has 8 rings (SSSR count). The van der Waals surface area contributed by atoms with Crippen LogP contribution >= 0.6 is 23.5 Å². The first-order valence-electron chi connectivity index (χ1n) is 15.0. The summed E-state index contributed by atoms with van der Waals surface area (Å²) in [5.41, 5.74) is 11.9. The molecule has 0 radical (unpaired) electrons. The molecule has 1 aromatic heterocycles. The van der Waals surface area contributed by atoms with Crippen molar-refractivity contribution < 1.29 is 0 Å². The lowest BCUT2D eigenvalue weighted by Gasteiger charge is -2.23. The predicted molar refractivity (Wildman–Crippen MR) is 188 cm³/mol. The van der Waals surface area contributed by atoms with Gasteiger partial charge in [0.1, 0.15) is 0 Å². The van der Waals surface area contributed by atoms with E-state index in [2.05, 4.69) is 146 Å². The average molecular weight is 600 g/mol. The summed E-state index contributed by atoms with van der Waals surface area (Å²) in [4.78, 5) is 10.4. The van der Waals surface area contributed by atoms with Crippen LogP contribution in [0.15, 0.2) is 171 Å². The third-order valence-electron chi connectivity index (χ3n) is 8.23. The molecule has 2 heterocycles. The summed E-state index contributed by atoms with van der Waals surface area (Å²) < 4.78 is 0. The zero-order valence-corrected chi connectivity index (χ0v) is 25.7. The Kier molecular flexibility index (Phi) is 7.27. The molecule has 1 aliphatic carbocycles. The molecule has 5 aromatic carbocycles. The number of nitrogens with zero attached hydrogens (tertiary/aromatic N) is 1. The molecule has 0 spiro atoms. The van der Waals surface area contributed by atoms with Gasteiger partial charge in [-0.15, -0.1) is 0 Å². The lowest BCUT2D eigenvalue weighted by molar-refractivity contribution is 1.02. The van der Waals surface area contributed by atoms with E-state index in [9.17, 15) is 0 Å². The largest absolute Gasteiger partial charge is 0.248 e. The van der Waals surface area contributed by atoms with Crippen LogP contribution in [0.2, 0.25) is 0 Å². The van der Waals surface area contributed by atoms with Gasteiger partial charge in [0.2, 0.25) is 0 Å². The molecule has 1 aliphatic heterocycles. The predicted octanol–water partition coefficient (Wildman–Crippen LogP) is 12.1.